The molecule has 0 atom stereocenters. The Morgan fingerprint density at radius 3 is 2.48 bits per heavy atom. The molecule has 0 radical (unpaired) electrons. The molecule has 1 aliphatic heterocycles. The number of anilines is 2. The Hall–Kier alpha value is -2.74. The van der Waals surface area contributed by atoms with Gasteiger partial charge in [0.1, 0.15) is 5.82 Å². The van der Waals surface area contributed by atoms with E-state index in [-0.39, 0.29) is 23.4 Å². The number of hydrogen-bond acceptors (Lipinski definition) is 4. The molecule has 1 aromatic heterocycles. The molecular formula is C17H15BrN4O3. The molecule has 7 nitrogen and oxygen atoms in total. The molecule has 2 heterocycles. The highest BCUT2D eigenvalue weighted by atomic mass is 79.9. The van der Waals surface area contributed by atoms with Gasteiger partial charge in [0.25, 0.3) is 11.8 Å². The Kier molecular flexibility index (Phi) is 4.54. The summed E-state index contributed by atoms with van der Waals surface area (Å²) < 4.78 is 0.785. The SMILES string of the molecule is CC(C)N1C(=O)c2ccc(NC(=O)Nc3cc(Br)ccn3)cc2C1=O. The number of carbonyl (C=O) groups is 3. The van der Waals surface area contributed by atoms with E-state index >= 15 is 0 Å². The van der Waals surface area contributed by atoms with Gasteiger partial charge in [0, 0.05) is 22.4 Å². The Balaban J connectivity index is 1.77. The van der Waals surface area contributed by atoms with Crippen LogP contribution >= 0.6 is 15.9 Å². The van der Waals surface area contributed by atoms with Gasteiger partial charge < -0.3 is 5.32 Å². The number of carbonyl (C=O) groups excluding carboxylic acids is 3. The van der Waals surface area contributed by atoms with E-state index in [9.17, 15) is 14.4 Å². The van der Waals surface area contributed by atoms with Crippen molar-refractivity contribution >= 4 is 45.3 Å². The highest BCUT2D eigenvalue weighted by Crippen LogP contribution is 2.27. The highest BCUT2D eigenvalue weighted by Gasteiger charge is 2.37. The van der Waals surface area contributed by atoms with E-state index in [0.717, 1.165) is 4.47 Å². The van der Waals surface area contributed by atoms with Gasteiger partial charge in [-0.1, -0.05) is 15.9 Å². The first-order valence-corrected chi connectivity index (χ1v) is 8.37. The molecule has 1 aliphatic rings. The fourth-order valence-corrected chi connectivity index (χ4v) is 2.89. The summed E-state index contributed by atoms with van der Waals surface area (Å²) in [6, 6.07) is 7.31. The summed E-state index contributed by atoms with van der Waals surface area (Å²) in [6.07, 6.45) is 1.56. The Labute approximate surface area is 152 Å². The monoisotopic (exact) mass is 402 g/mol. The zero-order valence-electron chi connectivity index (χ0n) is 13.5. The van der Waals surface area contributed by atoms with Crippen molar-refractivity contribution in [3.05, 3.63) is 52.1 Å². The number of rotatable bonds is 3. The van der Waals surface area contributed by atoms with Crippen molar-refractivity contribution in [2.45, 2.75) is 19.9 Å². The lowest BCUT2D eigenvalue weighted by molar-refractivity contribution is 0.0609. The lowest BCUT2D eigenvalue weighted by Gasteiger charge is -2.17. The first-order chi connectivity index (χ1) is 11.9. The molecule has 0 aliphatic carbocycles. The quantitative estimate of drug-likeness (QED) is 0.768. The van der Waals surface area contributed by atoms with Crippen LogP contribution in [0.3, 0.4) is 0 Å². The minimum absolute atomic E-state index is 0.227. The van der Waals surface area contributed by atoms with Gasteiger partial charge in [0.15, 0.2) is 0 Å². The number of aromatic nitrogens is 1. The van der Waals surface area contributed by atoms with Gasteiger partial charge in [-0.15, -0.1) is 0 Å². The van der Waals surface area contributed by atoms with Crippen LogP contribution in [-0.2, 0) is 0 Å². The third kappa shape index (κ3) is 3.39. The van der Waals surface area contributed by atoms with Crippen molar-refractivity contribution in [3.63, 3.8) is 0 Å². The number of nitrogens with zero attached hydrogens (tertiary/aromatic N) is 2. The third-order valence-corrected chi connectivity index (χ3v) is 4.15. The van der Waals surface area contributed by atoms with E-state index in [1.807, 2.05) is 0 Å². The fraction of sp³-hybridized carbons (Fsp3) is 0.176. The van der Waals surface area contributed by atoms with E-state index in [0.29, 0.717) is 17.1 Å². The fourth-order valence-electron chi connectivity index (χ4n) is 2.56. The van der Waals surface area contributed by atoms with Crippen molar-refractivity contribution in [3.8, 4) is 0 Å². The van der Waals surface area contributed by atoms with Crippen molar-refractivity contribution in [2.75, 3.05) is 10.6 Å². The average Bonchev–Trinajstić information content (AvgIpc) is 2.78. The number of benzene rings is 1. The van der Waals surface area contributed by atoms with E-state index in [1.54, 1.807) is 44.3 Å². The molecule has 0 saturated heterocycles. The predicted molar refractivity (Wildman–Crippen MR) is 96.7 cm³/mol. The van der Waals surface area contributed by atoms with Gasteiger partial charge in [0.05, 0.1) is 11.1 Å². The molecule has 4 amide bonds. The lowest BCUT2D eigenvalue weighted by Crippen LogP contribution is -2.35. The second-order valence-electron chi connectivity index (χ2n) is 5.77. The molecule has 0 fully saturated rings. The lowest BCUT2D eigenvalue weighted by atomic mass is 10.1. The van der Waals surface area contributed by atoms with Crippen LogP contribution in [0.15, 0.2) is 41.0 Å². The minimum Gasteiger partial charge on any atom is -0.308 e. The number of hydrogen-bond donors (Lipinski definition) is 2. The summed E-state index contributed by atoms with van der Waals surface area (Å²) in [6.45, 7) is 3.55. The normalized spacial score (nSPS) is 13.2. The first kappa shape index (κ1) is 17.1. The first-order valence-electron chi connectivity index (χ1n) is 7.58. The molecule has 1 aromatic carbocycles. The van der Waals surface area contributed by atoms with Crippen LogP contribution in [0, 0.1) is 0 Å². The summed E-state index contributed by atoms with van der Waals surface area (Å²) in [5, 5.41) is 5.22. The Bertz CT molecular complexity index is 882. The number of amides is 4. The molecule has 3 rings (SSSR count). The Morgan fingerprint density at radius 1 is 1.08 bits per heavy atom. The van der Waals surface area contributed by atoms with Crippen molar-refractivity contribution in [1.82, 2.24) is 9.88 Å². The molecule has 0 spiro atoms. The maximum Gasteiger partial charge on any atom is 0.324 e. The largest absolute Gasteiger partial charge is 0.324 e. The zero-order valence-corrected chi connectivity index (χ0v) is 15.1. The van der Waals surface area contributed by atoms with E-state index in [4.69, 9.17) is 0 Å². The topological polar surface area (TPSA) is 91.4 Å². The molecule has 2 aromatic rings. The maximum atomic E-state index is 12.4. The molecule has 0 saturated carbocycles. The van der Waals surface area contributed by atoms with Crippen molar-refractivity contribution < 1.29 is 14.4 Å². The summed E-state index contributed by atoms with van der Waals surface area (Å²) in [4.78, 5) is 41.9. The smallest absolute Gasteiger partial charge is 0.308 e. The molecule has 0 unspecified atom stereocenters. The van der Waals surface area contributed by atoms with Crippen LogP contribution in [-0.4, -0.2) is 33.8 Å². The molecule has 8 heteroatoms. The molecule has 0 bridgehead atoms. The zero-order chi connectivity index (χ0) is 18.1. The van der Waals surface area contributed by atoms with Gasteiger partial charge in [-0.3, -0.25) is 19.8 Å². The average molecular weight is 403 g/mol. The van der Waals surface area contributed by atoms with Crippen LogP contribution in [0.2, 0.25) is 0 Å². The summed E-state index contributed by atoms with van der Waals surface area (Å²) in [5.41, 5.74) is 1.05. The minimum atomic E-state index is -0.497. The van der Waals surface area contributed by atoms with Gasteiger partial charge in [-0.05, 0) is 44.2 Å². The van der Waals surface area contributed by atoms with Crippen LogP contribution in [0.5, 0.6) is 0 Å². The summed E-state index contributed by atoms with van der Waals surface area (Å²) in [7, 11) is 0. The van der Waals surface area contributed by atoms with E-state index in [2.05, 4.69) is 31.5 Å². The molecule has 128 valence electrons. The van der Waals surface area contributed by atoms with Crippen molar-refractivity contribution in [1.29, 1.82) is 0 Å². The second kappa shape index (κ2) is 6.64. The summed E-state index contributed by atoms with van der Waals surface area (Å²) in [5.74, 6) is -0.290. The molecule has 25 heavy (non-hydrogen) atoms. The van der Waals surface area contributed by atoms with E-state index in [1.165, 1.54) is 11.0 Å². The number of fused-ring (bicyclic) bond motifs is 1. The molecular weight excluding hydrogens is 388 g/mol. The van der Waals surface area contributed by atoms with Gasteiger partial charge in [-0.2, -0.15) is 0 Å². The predicted octanol–water partition coefficient (Wildman–Crippen LogP) is 3.49. The van der Waals surface area contributed by atoms with E-state index < -0.39 is 6.03 Å². The summed E-state index contributed by atoms with van der Waals surface area (Å²) >= 11 is 3.30. The van der Waals surface area contributed by atoms with Gasteiger partial charge >= 0.3 is 6.03 Å². The Morgan fingerprint density at radius 2 is 1.80 bits per heavy atom. The number of pyridine rings is 1. The molecule has 2 N–H and O–H groups in total. The second-order valence-corrected chi connectivity index (χ2v) is 6.69. The highest BCUT2D eigenvalue weighted by molar-refractivity contribution is 9.10. The van der Waals surface area contributed by atoms with Crippen LogP contribution < -0.4 is 10.6 Å². The number of nitrogens with one attached hydrogen (secondary N) is 2. The van der Waals surface area contributed by atoms with Crippen LogP contribution in [0.25, 0.3) is 0 Å². The van der Waals surface area contributed by atoms with Crippen LogP contribution in [0.1, 0.15) is 34.6 Å². The third-order valence-electron chi connectivity index (χ3n) is 3.66. The standard InChI is InChI=1S/C17H15BrN4O3/c1-9(2)22-15(23)12-4-3-11(8-13(12)16(22)24)20-17(25)21-14-7-10(18)5-6-19-14/h3-9H,1-2H3,(H2,19,20,21,25). The van der Waals surface area contributed by atoms with Crippen molar-refractivity contribution in [2.24, 2.45) is 0 Å². The maximum absolute atomic E-state index is 12.4. The van der Waals surface area contributed by atoms with Crippen LogP contribution in [0.4, 0.5) is 16.3 Å². The number of urea groups is 1. The number of halogens is 1. The van der Waals surface area contributed by atoms with Gasteiger partial charge in [-0.25, -0.2) is 9.78 Å². The number of imide groups is 1. The van der Waals surface area contributed by atoms with Gasteiger partial charge in [0.2, 0.25) is 0 Å².